The molecule has 3 aromatic heterocycles. The first kappa shape index (κ1) is 8.72. The van der Waals surface area contributed by atoms with Crippen LogP contribution >= 0.6 is 0 Å². The van der Waals surface area contributed by atoms with Gasteiger partial charge in [0.05, 0.1) is 6.20 Å². The Kier molecular flexibility index (Phi) is 1.93. The molecule has 0 saturated heterocycles. The first-order valence-corrected chi connectivity index (χ1v) is 4.62. The van der Waals surface area contributed by atoms with Crippen molar-refractivity contribution in [3.05, 3.63) is 37.1 Å². The number of aromatic nitrogens is 6. The number of nitrogens with zero attached hydrogens (tertiary/aromatic N) is 6. The predicted molar refractivity (Wildman–Crippen MR) is 56.1 cm³/mol. The summed E-state index contributed by atoms with van der Waals surface area (Å²) in [6.07, 6.45) is 6.39. The molecule has 7 nitrogen and oxygen atoms in total. The minimum absolute atomic E-state index is 0.641. The Labute approximate surface area is 90.2 Å². The lowest BCUT2D eigenvalue weighted by atomic mass is 10.5. The summed E-state index contributed by atoms with van der Waals surface area (Å²) >= 11 is 0. The Bertz CT molecular complexity index is 603. The van der Waals surface area contributed by atoms with Gasteiger partial charge < -0.3 is 5.32 Å². The fourth-order valence-corrected chi connectivity index (χ4v) is 1.29. The lowest BCUT2D eigenvalue weighted by Gasteiger charge is -2.02. The summed E-state index contributed by atoms with van der Waals surface area (Å²) in [6.45, 7) is 0. The van der Waals surface area contributed by atoms with Gasteiger partial charge in [0, 0.05) is 12.4 Å². The Morgan fingerprint density at radius 1 is 1.12 bits per heavy atom. The van der Waals surface area contributed by atoms with E-state index >= 15 is 0 Å². The quantitative estimate of drug-likeness (QED) is 0.673. The molecule has 16 heavy (non-hydrogen) atoms. The fraction of sp³-hybridized carbons (Fsp3) is 0. The molecule has 0 saturated carbocycles. The zero-order valence-corrected chi connectivity index (χ0v) is 8.15. The zero-order valence-electron chi connectivity index (χ0n) is 8.15. The van der Waals surface area contributed by atoms with Crippen LogP contribution in [0.15, 0.2) is 37.1 Å². The molecule has 0 radical (unpaired) electrons. The number of nitrogens with one attached hydrogen (secondary N) is 1. The molecule has 7 heteroatoms. The summed E-state index contributed by atoms with van der Waals surface area (Å²) in [5.41, 5.74) is 0.699. The third-order valence-corrected chi connectivity index (χ3v) is 1.98. The monoisotopic (exact) mass is 213 g/mol. The fourth-order valence-electron chi connectivity index (χ4n) is 1.29. The van der Waals surface area contributed by atoms with Crippen molar-refractivity contribution in [2.24, 2.45) is 0 Å². The van der Waals surface area contributed by atoms with Crippen molar-refractivity contribution in [3.63, 3.8) is 0 Å². The van der Waals surface area contributed by atoms with Crippen LogP contribution in [-0.2, 0) is 0 Å². The Morgan fingerprint density at radius 3 is 3.00 bits per heavy atom. The van der Waals surface area contributed by atoms with Crippen LogP contribution in [0, 0.1) is 0 Å². The van der Waals surface area contributed by atoms with Gasteiger partial charge in [-0.3, -0.25) is 4.98 Å². The van der Waals surface area contributed by atoms with Crippen LogP contribution in [-0.4, -0.2) is 29.8 Å². The van der Waals surface area contributed by atoms with Crippen molar-refractivity contribution >= 4 is 17.3 Å². The Hall–Kier alpha value is -2.57. The van der Waals surface area contributed by atoms with Gasteiger partial charge >= 0.3 is 0 Å². The van der Waals surface area contributed by atoms with Gasteiger partial charge in [-0.15, -0.1) is 15.3 Å². The van der Waals surface area contributed by atoms with Crippen molar-refractivity contribution in [2.75, 3.05) is 5.32 Å². The van der Waals surface area contributed by atoms with E-state index in [2.05, 4.69) is 30.6 Å². The standard InChI is InChI=1S/C9H7N7/c1-2-9-14-12-6-16(9)15-7(1)13-8-5-10-3-4-11-8/h1-6H,(H,11,13,15). The molecule has 0 aliphatic rings. The second-order valence-electron chi connectivity index (χ2n) is 3.07. The minimum Gasteiger partial charge on any atom is -0.322 e. The van der Waals surface area contributed by atoms with Gasteiger partial charge in [0.1, 0.15) is 12.1 Å². The van der Waals surface area contributed by atoms with E-state index in [9.17, 15) is 0 Å². The van der Waals surface area contributed by atoms with Crippen LogP contribution in [0.3, 0.4) is 0 Å². The highest BCUT2D eigenvalue weighted by Gasteiger charge is 2.00. The van der Waals surface area contributed by atoms with Crippen LogP contribution < -0.4 is 5.32 Å². The summed E-state index contributed by atoms with van der Waals surface area (Å²) < 4.78 is 1.58. The van der Waals surface area contributed by atoms with Crippen molar-refractivity contribution < 1.29 is 0 Å². The zero-order chi connectivity index (χ0) is 10.8. The van der Waals surface area contributed by atoms with Crippen molar-refractivity contribution in [2.45, 2.75) is 0 Å². The smallest absolute Gasteiger partial charge is 0.177 e. The van der Waals surface area contributed by atoms with E-state index in [4.69, 9.17) is 0 Å². The minimum atomic E-state index is 0.641. The van der Waals surface area contributed by atoms with E-state index in [1.807, 2.05) is 6.07 Å². The molecule has 3 heterocycles. The summed E-state index contributed by atoms with van der Waals surface area (Å²) in [5.74, 6) is 1.30. The predicted octanol–water partition coefficient (Wildman–Crippen LogP) is 0.658. The first-order valence-electron chi connectivity index (χ1n) is 4.62. The second kappa shape index (κ2) is 3.54. The third-order valence-electron chi connectivity index (χ3n) is 1.98. The topological polar surface area (TPSA) is 80.9 Å². The molecule has 0 aliphatic carbocycles. The highest BCUT2D eigenvalue weighted by molar-refractivity contribution is 5.51. The summed E-state index contributed by atoms with van der Waals surface area (Å²) in [5, 5.41) is 14.9. The number of anilines is 2. The summed E-state index contributed by atoms with van der Waals surface area (Å²) in [4.78, 5) is 8.04. The van der Waals surface area contributed by atoms with Crippen LogP contribution in [0.25, 0.3) is 5.65 Å². The molecular formula is C9H7N7. The average molecular weight is 213 g/mol. The van der Waals surface area contributed by atoms with E-state index in [-0.39, 0.29) is 0 Å². The summed E-state index contributed by atoms with van der Waals surface area (Å²) in [6, 6.07) is 3.62. The molecule has 0 bridgehead atoms. The Balaban J connectivity index is 1.94. The number of fused-ring (bicyclic) bond motifs is 1. The summed E-state index contributed by atoms with van der Waals surface area (Å²) in [7, 11) is 0. The molecule has 0 amide bonds. The SMILES string of the molecule is c1cnc(Nc2ccc3nncn3n2)cn1. The molecular weight excluding hydrogens is 206 g/mol. The molecule has 0 aromatic carbocycles. The molecule has 3 aromatic rings. The van der Waals surface area contributed by atoms with Crippen LogP contribution in [0.2, 0.25) is 0 Å². The van der Waals surface area contributed by atoms with Gasteiger partial charge in [-0.2, -0.15) is 4.52 Å². The van der Waals surface area contributed by atoms with Gasteiger partial charge in [0.2, 0.25) is 0 Å². The molecule has 0 spiro atoms. The van der Waals surface area contributed by atoms with Crippen molar-refractivity contribution in [1.82, 2.24) is 29.8 Å². The molecule has 0 atom stereocenters. The highest BCUT2D eigenvalue weighted by atomic mass is 15.4. The van der Waals surface area contributed by atoms with Gasteiger partial charge in [0.15, 0.2) is 11.5 Å². The molecule has 78 valence electrons. The molecule has 1 N–H and O–H groups in total. The number of rotatable bonds is 2. The molecule has 0 fully saturated rings. The van der Waals surface area contributed by atoms with E-state index in [0.29, 0.717) is 17.3 Å². The highest BCUT2D eigenvalue weighted by Crippen LogP contribution is 2.09. The van der Waals surface area contributed by atoms with Crippen molar-refractivity contribution in [1.29, 1.82) is 0 Å². The lowest BCUT2D eigenvalue weighted by molar-refractivity contribution is 0.930. The van der Waals surface area contributed by atoms with Crippen molar-refractivity contribution in [3.8, 4) is 0 Å². The second-order valence-corrected chi connectivity index (χ2v) is 3.07. The van der Waals surface area contributed by atoms with Crippen LogP contribution in [0.1, 0.15) is 0 Å². The lowest BCUT2D eigenvalue weighted by Crippen LogP contribution is -1.99. The van der Waals surface area contributed by atoms with E-state index in [1.165, 1.54) is 6.33 Å². The van der Waals surface area contributed by atoms with Gasteiger partial charge in [-0.25, -0.2) is 4.98 Å². The normalized spacial score (nSPS) is 10.5. The molecule has 3 rings (SSSR count). The van der Waals surface area contributed by atoms with Gasteiger partial charge in [0.25, 0.3) is 0 Å². The van der Waals surface area contributed by atoms with E-state index in [1.54, 1.807) is 29.2 Å². The largest absolute Gasteiger partial charge is 0.322 e. The molecule has 0 aliphatic heterocycles. The maximum absolute atomic E-state index is 4.24. The maximum atomic E-state index is 4.24. The molecule has 0 unspecified atom stereocenters. The van der Waals surface area contributed by atoms with Crippen LogP contribution in [0.5, 0.6) is 0 Å². The number of hydrogen-bond donors (Lipinski definition) is 1. The first-order chi connectivity index (χ1) is 7.92. The number of hydrogen-bond acceptors (Lipinski definition) is 6. The van der Waals surface area contributed by atoms with Gasteiger partial charge in [-0.1, -0.05) is 0 Å². The van der Waals surface area contributed by atoms with E-state index in [0.717, 1.165) is 0 Å². The maximum Gasteiger partial charge on any atom is 0.177 e. The Morgan fingerprint density at radius 2 is 2.12 bits per heavy atom. The third kappa shape index (κ3) is 1.54. The average Bonchev–Trinajstić information content (AvgIpc) is 2.77. The van der Waals surface area contributed by atoms with Crippen LogP contribution in [0.4, 0.5) is 11.6 Å². The van der Waals surface area contributed by atoms with Gasteiger partial charge in [-0.05, 0) is 12.1 Å². The van der Waals surface area contributed by atoms with E-state index < -0.39 is 0 Å².